The van der Waals surface area contributed by atoms with E-state index >= 15 is 0 Å². The number of benzene rings is 1. The van der Waals surface area contributed by atoms with Crippen LogP contribution in [0.3, 0.4) is 0 Å². The number of aryl methyl sites for hydroxylation is 1. The molecule has 1 aromatic carbocycles. The zero-order valence-electron chi connectivity index (χ0n) is 12.6. The molecule has 0 aliphatic heterocycles. The molecule has 2 aromatic rings. The monoisotopic (exact) mass is 291 g/mol. The van der Waals surface area contributed by atoms with E-state index in [9.17, 15) is 0 Å². The van der Waals surface area contributed by atoms with E-state index < -0.39 is 0 Å². The van der Waals surface area contributed by atoms with Crippen molar-refractivity contribution in [3.8, 4) is 11.5 Å². The molecule has 1 atom stereocenters. The van der Waals surface area contributed by atoms with E-state index in [-0.39, 0.29) is 12.6 Å². The molecule has 0 aliphatic carbocycles. The summed E-state index contributed by atoms with van der Waals surface area (Å²) >= 11 is 0. The Morgan fingerprint density at radius 3 is 2.76 bits per heavy atom. The fraction of sp³-hybridized carbons (Fsp3) is 0.467. The minimum absolute atomic E-state index is 0.0881. The van der Waals surface area contributed by atoms with Crippen LogP contribution in [0.1, 0.15) is 30.7 Å². The fourth-order valence-electron chi connectivity index (χ4n) is 2.00. The van der Waals surface area contributed by atoms with Crippen molar-refractivity contribution >= 4 is 0 Å². The first-order valence-corrected chi connectivity index (χ1v) is 6.97. The van der Waals surface area contributed by atoms with Crippen molar-refractivity contribution < 1.29 is 13.9 Å². The van der Waals surface area contributed by atoms with E-state index in [1.807, 2.05) is 18.2 Å². The van der Waals surface area contributed by atoms with Crippen molar-refractivity contribution in [1.29, 1.82) is 0 Å². The lowest BCUT2D eigenvalue weighted by Crippen LogP contribution is -2.21. The normalized spacial score (nSPS) is 12.2. The summed E-state index contributed by atoms with van der Waals surface area (Å²) in [6, 6.07) is 5.87. The van der Waals surface area contributed by atoms with E-state index in [4.69, 9.17) is 19.6 Å². The predicted molar refractivity (Wildman–Crippen MR) is 78.3 cm³/mol. The summed E-state index contributed by atoms with van der Waals surface area (Å²) in [6.07, 6.45) is 1.63. The number of para-hydroxylation sites is 1. The number of methoxy groups -OCH3 is 1. The Morgan fingerprint density at radius 2 is 2.14 bits per heavy atom. The van der Waals surface area contributed by atoms with Gasteiger partial charge in [0.15, 0.2) is 18.1 Å². The molecule has 0 saturated heterocycles. The molecule has 0 aliphatic rings. The number of aromatic nitrogens is 2. The van der Waals surface area contributed by atoms with Crippen molar-refractivity contribution in [3.63, 3.8) is 0 Å². The van der Waals surface area contributed by atoms with E-state index in [0.717, 1.165) is 18.4 Å². The average Bonchev–Trinajstić information content (AvgIpc) is 2.91. The van der Waals surface area contributed by atoms with Crippen LogP contribution >= 0.6 is 0 Å². The van der Waals surface area contributed by atoms with Gasteiger partial charge in [-0.05, 0) is 24.5 Å². The number of hydrogen-bond acceptors (Lipinski definition) is 6. The first kappa shape index (κ1) is 15.3. The second-order valence-electron chi connectivity index (χ2n) is 4.82. The zero-order chi connectivity index (χ0) is 15.2. The van der Waals surface area contributed by atoms with Crippen molar-refractivity contribution in [2.75, 3.05) is 7.11 Å². The van der Waals surface area contributed by atoms with Gasteiger partial charge < -0.3 is 19.6 Å². The number of hydrogen-bond donors (Lipinski definition) is 1. The van der Waals surface area contributed by atoms with Crippen LogP contribution in [0.5, 0.6) is 11.5 Å². The molecule has 21 heavy (non-hydrogen) atoms. The Labute approximate surface area is 124 Å². The number of nitrogens with two attached hydrogens (primary N) is 1. The lowest BCUT2D eigenvalue weighted by atomic mass is 10.0. The van der Waals surface area contributed by atoms with Gasteiger partial charge in [-0.2, -0.15) is 0 Å². The molecule has 2 N–H and O–H groups in total. The van der Waals surface area contributed by atoms with E-state index in [2.05, 4.69) is 17.1 Å². The minimum atomic E-state index is 0.0881. The lowest BCUT2D eigenvalue weighted by molar-refractivity contribution is 0.245. The average molecular weight is 291 g/mol. The zero-order valence-corrected chi connectivity index (χ0v) is 12.6. The van der Waals surface area contributed by atoms with Crippen LogP contribution in [-0.2, 0) is 13.0 Å². The smallest absolute Gasteiger partial charge is 0.253 e. The molecule has 114 valence electrons. The van der Waals surface area contributed by atoms with E-state index in [1.165, 1.54) is 0 Å². The number of nitrogens with zero attached hydrogens (tertiary/aromatic N) is 2. The highest BCUT2D eigenvalue weighted by Gasteiger charge is 2.14. The van der Waals surface area contributed by atoms with Gasteiger partial charge >= 0.3 is 0 Å². The quantitative estimate of drug-likeness (QED) is 0.842. The van der Waals surface area contributed by atoms with Crippen LogP contribution in [0.15, 0.2) is 22.6 Å². The Bertz CT molecular complexity index is 583. The molecule has 0 fully saturated rings. The first-order chi connectivity index (χ1) is 10.1. The molecule has 1 heterocycles. The van der Waals surface area contributed by atoms with Crippen molar-refractivity contribution in [2.45, 2.75) is 39.3 Å². The Morgan fingerprint density at radius 1 is 1.33 bits per heavy atom. The number of ether oxygens (including phenoxy) is 2. The lowest BCUT2D eigenvalue weighted by Gasteiger charge is -2.16. The van der Waals surface area contributed by atoms with E-state index in [1.54, 1.807) is 14.0 Å². The molecule has 0 bridgehead atoms. The van der Waals surface area contributed by atoms with Crippen molar-refractivity contribution in [2.24, 2.45) is 5.73 Å². The fourth-order valence-corrected chi connectivity index (χ4v) is 2.00. The molecule has 1 aromatic heterocycles. The van der Waals surface area contributed by atoms with Crippen molar-refractivity contribution in [3.05, 3.63) is 35.5 Å². The summed E-state index contributed by atoms with van der Waals surface area (Å²) in [7, 11) is 1.61. The second-order valence-corrected chi connectivity index (χ2v) is 4.82. The Balaban J connectivity index is 2.18. The molecular formula is C15H21N3O3. The molecule has 6 nitrogen and oxygen atoms in total. The molecule has 2 rings (SSSR count). The van der Waals surface area contributed by atoms with Crippen LogP contribution in [0.4, 0.5) is 0 Å². The van der Waals surface area contributed by atoms with Crippen LogP contribution < -0.4 is 15.2 Å². The van der Waals surface area contributed by atoms with Gasteiger partial charge in [0.1, 0.15) is 0 Å². The molecule has 0 spiro atoms. The second kappa shape index (κ2) is 7.08. The summed E-state index contributed by atoms with van der Waals surface area (Å²) in [4.78, 5) is 0. The summed E-state index contributed by atoms with van der Waals surface area (Å²) in [5.74, 6) is 2.30. The van der Waals surface area contributed by atoms with Crippen LogP contribution in [0.2, 0.25) is 0 Å². The predicted octanol–water partition coefficient (Wildman–Crippen LogP) is 2.25. The standard InChI is InChI=1S/C15H21N3O3/c1-4-12(16)8-11-6-5-7-13(19-3)15(11)20-9-14-18-17-10(2)21-14/h5-7,12H,4,8-9,16H2,1-3H3. The van der Waals surface area contributed by atoms with Gasteiger partial charge in [-0.3, -0.25) is 0 Å². The van der Waals surface area contributed by atoms with Gasteiger partial charge in [0, 0.05) is 13.0 Å². The Hall–Kier alpha value is -2.08. The van der Waals surface area contributed by atoms with Gasteiger partial charge in [0.25, 0.3) is 5.89 Å². The number of rotatable bonds is 7. The van der Waals surface area contributed by atoms with Gasteiger partial charge in [0.05, 0.1) is 7.11 Å². The van der Waals surface area contributed by atoms with E-state index in [0.29, 0.717) is 23.3 Å². The van der Waals surface area contributed by atoms with Crippen LogP contribution in [0.25, 0.3) is 0 Å². The molecule has 6 heteroatoms. The highest BCUT2D eigenvalue weighted by molar-refractivity contribution is 5.47. The molecule has 0 amide bonds. The third kappa shape index (κ3) is 3.95. The maximum Gasteiger partial charge on any atom is 0.253 e. The third-order valence-corrected chi connectivity index (χ3v) is 3.19. The van der Waals surface area contributed by atoms with Crippen LogP contribution in [-0.4, -0.2) is 23.3 Å². The van der Waals surface area contributed by atoms with Crippen LogP contribution in [0, 0.1) is 6.92 Å². The maximum atomic E-state index is 6.04. The first-order valence-electron chi connectivity index (χ1n) is 6.97. The maximum absolute atomic E-state index is 6.04. The minimum Gasteiger partial charge on any atom is -0.493 e. The summed E-state index contributed by atoms with van der Waals surface area (Å²) < 4.78 is 16.5. The highest BCUT2D eigenvalue weighted by atomic mass is 16.5. The SMILES string of the molecule is CCC(N)Cc1cccc(OC)c1OCc1nnc(C)o1. The highest BCUT2D eigenvalue weighted by Crippen LogP contribution is 2.32. The molecule has 0 radical (unpaired) electrons. The van der Waals surface area contributed by atoms with Gasteiger partial charge in [0.2, 0.25) is 5.89 Å². The van der Waals surface area contributed by atoms with Gasteiger partial charge in [-0.15, -0.1) is 10.2 Å². The Kier molecular flexibility index (Phi) is 5.16. The topological polar surface area (TPSA) is 83.4 Å². The summed E-state index contributed by atoms with van der Waals surface area (Å²) in [5.41, 5.74) is 7.05. The molecule has 0 saturated carbocycles. The molecule has 1 unspecified atom stereocenters. The molecular weight excluding hydrogens is 270 g/mol. The summed E-state index contributed by atoms with van der Waals surface area (Å²) in [5, 5.41) is 7.69. The van der Waals surface area contributed by atoms with Gasteiger partial charge in [-0.25, -0.2) is 0 Å². The largest absolute Gasteiger partial charge is 0.493 e. The van der Waals surface area contributed by atoms with Crippen molar-refractivity contribution in [1.82, 2.24) is 10.2 Å². The summed E-state index contributed by atoms with van der Waals surface area (Å²) in [6.45, 7) is 4.01. The van der Waals surface area contributed by atoms with Gasteiger partial charge in [-0.1, -0.05) is 19.1 Å². The third-order valence-electron chi connectivity index (χ3n) is 3.19.